The molecule has 0 unspecified atom stereocenters. The molecule has 0 radical (unpaired) electrons. The minimum Gasteiger partial charge on any atom is -0.462 e. The molecule has 0 spiro atoms. The number of halogens is 3. The van der Waals surface area contributed by atoms with E-state index in [9.17, 15) is 32.9 Å². The first-order valence-electron chi connectivity index (χ1n) is 5.00. The van der Waals surface area contributed by atoms with Crippen molar-refractivity contribution in [3.63, 3.8) is 0 Å². The molecule has 0 fully saturated rings. The lowest BCUT2D eigenvalue weighted by Crippen LogP contribution is -2.26. The molecular formula is C9H7F3N2O6. The Bertz CT molecular complexity index is 594. The first-order chi connectivity index (χ1) is 9.15. The number of aromatic nitrogens is 1. The van der Waals surface area contributed by atoms with Crippen LogP contribution in [0.1, 0.15) is 17.3 Å². The van der Waals surface area contributed by atoms with Crippen LogP contribution in [0.15, 0.2) is 10.9 Å². The molecule has 1 heterocycles. The number of carbonyl (C=O) groups is 1. The fraction of sp³-hybridized carbons (Fsp3) is 0.333. The molecule has 1 N–H and O–H groups in total. The second kappa shape index (κ2) is 5.59. The summed E-state index contributed by atoms with van der Waals surface area (Å²) in [6.45, 7) is 1.16. The van der Waals surface area contributed by atoms with Crippen molar-refractivity contribution in [2.24, 2.45) is 0 Å². The van der Waals surface area contributed by atoms with E-state index < -0.39 is 39.9 Å². The molecule has 0 saturated carbocycles. The average molecular weight is 296 g/mol. The van der Waals surface area contributed by atoms with Gasteiger partial charge in [0, 0.05) is 0 Å². The van der Waals surface area contributed by atoms with Crippen LogP contribution in [0.3, 0.4) is 0 Å². The number of nitro groups is 1. The number of nitrogens with one attached hydrogen (secondary N) is 1. The highest BCUT2D eigenvalue weighted by Crippen LogP contribution is 2.25. The number of esters is 1. The number of nitrogens with zero attached hydrogens (tertiary/aromatic N) is 1. The molecule has 0 aliphatic heterocycles. The van der Waals surface area contributed by atoms with Gasteiger partial charge in [-0.1, -0.05) is 0 Å². The van der Waals surface area contributed by atoms with Gasteiger partial charge in [-0.25, -0.2) is 14.6 Å². The lowest BCUT2D eigenvalue weighted by molar-refractivity contribution is -0.389. The zero-order valence-electron chi connectivity index (χ0n) is 9.82. The van der Waals surface area contributed by atoms with Crippen LogP contribution in [0.4, 0.5) is 19.0 Å². The molecule has 0 aromatic carbocycles. The van der Waals surface area contributed by atoms with Gasteiger partial charge in [-0.05, 0) is 11.8 Å². The quantitative estimate of drug-likeness (QED) is 0.510. The molecule has 1 aromatic rings. The van der Waals surface area contributed by atoms with Gasteiger partial charge in [-0.2, -0.15) is 0 Å². The molecule has 1 rings (SSSR count). The van der Waals surface area contributed by atoms with E-state index in [-0.39, 0.29) is 6.61 Å². The fourth-order valence-corrected chi connectivity index (χ4v) is 1.21. The molecule has 0 saturated heterocycles. The number of hydrogen-bond acceptors (Lipinski definition) is 6. The van der Waals surface area contributed by atoms with Gasteiger partial charge >= 0.3 is 23.7 Å². The van der Waals surface area contributed by atoms with Crippen molar-refractivity contribution in [3.05, 3.63) is 32.1 Å². The fourth-order valence-electron chi connectivity index (χ4n) is 1.21. The Labute approximate surface area is 108 Å². The van der Waals surface area contributed by atoms with Gasteiger partial charge in [0.2, 0.25) is 5.75 Å². The minimum absolute atomic E-state index is 0.203. The average Bonchev–Trinajstić information content (AvgIpc) is 2.29. The second-order valence-corrected chi connectivity index (χ2v) is 3.25. The van der Waals surface area contributed by atoms with Crippen LogP contribution in [0.2, 0.25) is 0 Å². The maximum Gasteiger partial charge on any atom is 0.573 e. The second-order valence-electron chi connectivity index (χ2n) is 3.25. The van der Waals surface area contributed by atoms with Crippen LogP contribution in [-0.2, 0) is 4.74 Å². The summed E-state index contributed by atoms with van der Waals surface area (Å²) in [6, 6.07) is 0.431. The molecule has 8 nitrogen and oxygen atoms in total. The van der Waals surface area contributed by atoms with Crippen molar-refractivity contribution >= 4 is 11.8 Å². The molecular weight excluding hydrogens is 289 g/mol. The van der Waals surface area contributed by atoms with E-state index >= 15 is 0 Å². The number of aromatic amines is 1. The Morgan fingerprint density at radius 2 is 2.10 bits per heavy atom. The van der Waals surface area contributed by atoms with Crippen LogP contribution < -0.4 is 10.3 Å². The van der Waals surface area contributed by atoms with Crippen molar-refractivity contribution in [2.45, 2.75) is 13.3 Å². The third kappa shape index (κ3) is 3.70. The summed E-state index contributed by atoms with van der Waals surface area (Å²) in [6.07, 6.45) is -5.25. The predicted molar refractivity (Wildman–Crippen MR) is 56.4 cm³/mol. The summed E-state index contributed by atoms with van der Waals surface area (Å²) >= 11 is 0. The number of rotatable bonds is 4. The molecule has 0 atom stereocenters. The van der Waals surface area contributed by atoms with E-state index in [0.717, 1.165) is 0 Å². The van der Waals surface area contributed by atoms with E-state index in [1.54, 1.807) is 4.98 Å². The standard InChI is InChI=1S/C9H7F3N2O6/c1-2-19-8(16)4-3-5(14(17)18)13-7(15)6(4)20-9(10,11)12/h3H,2H2,1H3,(H,13,15). The zero-order valence-corrected chi connectivity index (χ0v) is 9.82. The van der Waals surface area contributed by atoms with Gasteiger partial charge in [0.1, 0.15) is 5.56 Å². The highest BCUT2D eigenvalue weighted by molar-refractivity contribution is 5.92. The van der Waals surface area contributed by atoms with Crippen LogP contribution in [0.25, 0.3) is 0 Å². The van der Waals surface area contributed by atoms with Gasteiger partial charge in [0.05, 0.1) is 12.7 Å². The van der Waals surface area contributed by atoms with Crippen molar-refractivity contribution < 1.29 is 32.4 Å². The highest BCUT2D eigenvalue weighted by atomic mass is 19.4. The summed E-state index contributed by atoms with van der Waals surface area (Å²) in [5, 5.41) is 10.5. The van der Waals surface area contributed by atoms with Crippen LogP contribution in [0, 0.1) is 10.1 Å². The summed E-state index contributed by atoms with van der Waals surface area (Å²) in [5.41, 5.74) is -2.56. The summed E-state index contributed by atoms with van der Waals surface area (Å²) in [7, 11) is 0. The van der Waals surface area contributed by atoms with Gasteiger partial charge in [-0.15, -0.1) is 13.2 Å². The van der Waals surface area contributed by atoms with Crippen molar-refractivity contribution in [1.82, 2.24) is 4.98 Å². The normalized spacial score (nSPS) is 11.0. The van der Waals surface area contributed by atoms with Gasteiger partial charge < -0.3 is 19.6 Å². The first kappa shape index (κ1) is 15.5. The molecule has 0 aliphatic rings. The molecule has 110 valence electrons. The topological polar surface area (TPSA) is 112 Å². The molecule has 1 aromatic heterocycles. The van der Waals surface area contributed by atoms with E-state index in [1.165, 1.54) is 6.92 Å². The lowest BCUT2D eigenvalue weighted by atomic mass is 10.2. The molecule has 11 heteroatoms. The third-order valence-electron chi connectivity index (χ3n) is 1.88. The largest absolute Gasteiger partial charge is 0.573 e. The van der Waals surface area contributed by atoms with Crippen molar-refractivity contribution in [3.8, 4) is 5.75 Å². The van der Waals surface area contributed by atoms with E-state index in [4.69, 9.17) is 0 Å². The third-order valence-corrected chi connectivity index (χ3v) is 1.88. The summed E-state index contributed by atoms with van der Waals surface area (Å²) in [4.78, 5) is 33.8. The van der Waals surface area contributed by atoms with Crippen molar-refractivity contribution in [2.75, 3.05) is 6.61 Å². The molecule has 0 amide bonds. The molecule has 20 heavy (non-hydrogen) atoms. The number of carbonyl (C=O) groups excluding carboxylic acids is 1. The number of ether oxygens (including phenoxy) is 2. The Kier molecular flexibility index (Phi) is 4.32. The number of alkyl halides is 3. The smallest absolute Gasteiger partial charge is 0.462 e. The van der Waals surface area contributed by atoms with Crippen LogP contribution >= 0.6 is 0 Å². The van der Waals surface area contributed by atoms with Crippen LogP contribution in [-0.4, -0.2) is 28.8 Å². The summed E-state index contributed by atoms with van der Waals surface area (Å²) in [5.74, 6) is -3.73. The summed E-state index contributed by atoms with van der Waals surface area (Å²) < 4.78 is 44.3. The van der Waals surface area contributed by atoms with Gasteiger partial charge in [-0.3, -0.25) is 0 Å². The van der Waals surface area contributed by atoms with E-state index in [1.807, 2.05) is 0 Å². The highest BCUT2D eigenvalue weighted by Gasteiger charge is 2.36. The number of H-pyrrole nitrogens is 1. The Hall–Kier alpha value is -2.59. The molecule has 0 bridgehead atoms. The Morgan fingerprint density at radius 1 is 1.50 bits per heavy atom. The monoisotopic (exact) mass is 296 g/mol. The van der Waals surface area contributed by atoms with E-state index in [0.29, 0.717) is 6.07 Å². The van der Waals surface area contributed by atoms with Crippen LogP contribution in [0.5, 0.6) is 5.75 Å². The lowest BCUT2D eigenvalue weighted by Gasteiger charge is -2.10. The van der Waals surface area contributed by atoms with E-state index in [2.05, 4.69) is 9.47 Å². The van der Waals surface area contributed by atoms with Gasteiger partial charge in [0.15, 0.2) is 0 Å². The van der Waals surface area contributed by atoms with Crippen molar-refractivity contribution in [1.29, 1.82) is 0 Å². The Morgan fingerprint density at radius 3 is 2.55 bits per heavy atom. The zero-order chi connectivity index (χ0) is 15.5. The number of hydrogen-bond donors (Lipinski definition) is 1. The maximum atomic E-state index is 12.1. The molecule has 0 aliphatic carbocycles. The minimum atomic E-state index is -5.25. The predicted octanol–water partition coefficient (Wildman–Crippen LogP) is 1.36. The number of pyridine rings is 1. The first-order valence-corrected chi connectivity index (χ1v) is 5.00. The SMILES string of the molecule is CCOC(=O)c1cc([N+](=O)[O-])[nH]c(=O)c1OC(F)(F)F. The Balaban J connectivity index is 3.44. The maximum absolute atomic E-state index is 12.1. The van der Waals surface area contributed by atoms with Gasteiger partial charge in [0.25, 0.3) is 0 Å².